The average Bonchev–Trinajstić information content (AvgIpc) is 3.17. The molecule has 0 atom stereocenters. The van der Waals surface area contributed by atoms with Gasteiger partial charge in [0.15, 0.2) is 5.96 Å². The Kier molecular flexibility index (Phi) is 8.33. The zero-order valence-corrected chi connectivity index (χ0v) is 17.8. The van der Waals surface area contributed by atoms with Crippen molar-refractivity contribution in [1.82, 2.24) is 20.2 Å². The first kappa shape index (κ1) is 21.4. The van der Waals surface area contributed by atoms with E-state index in [-0.39, 0.29) is 0 Å². The standard InChI is InChI=1S/C24H31N5O/c1-3-25-24(27-13-8-16-30-23-11-5-4-6-12-23)28-18-21-9-7-10-22(17-21)19-29-15-14-26-20(29)2/h4-7,9-12,14-15,17H,3,8,13,16,18-19H2,1-2H3,(H2,25,27,28). The predicted molar refractivity (Wildman–Crippen MR) is 122 cm³/mol. The second kappa shape index (κ2) is 11.7. The Morgan fingerprint density at radius 3 is 2.67 bits per heavy atom. The first-order valence-corrected chi connectivity index (χ1v) is 10.5. The second-order valence-electron chi connectivity index (χ2n) is 7.06. The monoisotopic (exact) mass is 405 g/mol. The molecule has 0 amide bonds. The molecule has 158 valence electrons. The number of aromatic nitrogens is 2. The summed E-state index contributed by atoms with van der Waals surface area (Å²) in [7, 11) is 0. The topological polar surface area (TPSA) is 63.5 Å². The van der Waals surface area contributed by atoms with Crippen LogP contribution < -0.4 is 15.4 Å². The molecule has 0 spiro atoms. The molecular weight excluding hydrogens is 374 g/mol. The van der Waals surface area contributed by atoms with Crippen LogP contribution >= 0.6 is 0 Å². The van der Waals surface area contributed by atoms with Gasteiger partial charge in [-0.25, -0.2) is 9.98 Å². The molecule has 1 heterocycles. The Hall–Kier alpha value is -3.28. The smallest absolute Gasteiger partial charge is 0.191 e. The van der Waals surface area contributed by atoms with Gasteiger partial charge >= 0.3 is 0 Å². The summed E-state index contributed by atoms with van der Waals surface area (Å²) in [4.78, 5) is 9.02. The van der Waals surface area contributed by atoms with Gasteiger partial charge in [-0.15, -0.1) is 0 Å². The number of benzene rings is 2. The molecule has 0 radical (unpaired) electrons. The SMILES string of the molecule is CCNC(=NCc1cccc(Cn2ccnc2C)c1)NCCCOc1ccccc1. The van der Waals surface area contributed by atoms with Crippen LogP contribution in [0.4, 0.5) is 0 Å². The minimum absolute atomic E-state index is 0.632. The summed E-state index contributed by atoms with van der Waals surface area (Å²) in [5, 5.41) is 6.69. The van der Waals surface area contributed by atoms with Crippen molar-refractivity contribution in [3.8, 4) is 5.75 Å². The second-order valence-corrected chi connectivity index (χ2v) is 7.06. The van der Waals surface area contributed by atoms with Crippen LogP contribution in [0.3, 0.4) is 0 Å². The third-order valence-corrected chi connectivity index (χ3v) is 4.66. The van der Waals surface area contributed by atoms with Crippen molar-refractivity contribution in [2.45, 2.75) is 33.4 Å². The fourth-order valence-electron chi connectivity index (χ4n) is 3.09. The molecule has 2 aromatic carbocycles. The lowest BCUT2D eigenvalue weighted by molar-refractivity contribution is 0.311. The zero-order valence-electron chi connectivity index (χ0n) is 17.8. The number of guanidine groups is 1. The first-order chi connectivity index (χ1) is 14.7. The van der Waals surface area contributed by atoms with Gasteiger partial charge in [-0.05, 0) is 43.5 Å². The maximum absolute atomic E-state index is 5.73. The van der Waals surface area contributed by atoms with Gasteiger partial charge in [0.05, 0.1) is 13.2 Å². The van der Waals surface area contributed by atoms with Crippen molar-refractivity contribution in [2.75, 3.05) is 19.7 Å². The Morgan fingerprint density at radius 1 is 1.07 bits per heavy atom. The molecule has 0 fully saturated rings. The van der Waals surface area contributed by atoms with E-state index >= 15 is 0 Å². The normalized spacial score (nSPS) is 11.3. The molecule has 6 nitrogen and oxygen atoms in total. The summed E-state index contributed by atoms with van der Waals surface area (Å²) < 4.78 is 7.88. The first-order valence-electron chi connectivity index (χ1n) is 10.5. The summed E-state index contributed by atoms with van der Waals surface area (Å²) >= 11 is 0. The van der Waals surface area contributed by atoms with Crippen molar-refractivity contribution in [3.63, 3.8) is 0 Å². The largest absolute Gasteiger partial charge is 0.494 e. The van der Waals surface area contributed by atoms with Crippen LogP contribution in [-0.2, 0) is 13.1 Å². The van der Waals surface area contributed by atoms with E-state index in [1.807, 2.05) is 49.6 Å². The van der Waals surface area contributed by atoms with Gasteiger partial charge in [-0.2, -0.15) is 0 Å². The number of nitrogens with one attached hydrogen (secondary N) is 2. The molecule has 3 rings (SSSR count). The van der Waals surface area contributed by atoms with E-state index < -0.39 is 0 Å². The summed E-state index contributed by atoms with van der Waals surface area (Å²) in [6, 6.07) is 18.5. The van der Waals surface area contributed by atoms with E-state index in [2.05, 4.69) is 51.4 Å². The van der Waals surface area contributed by atoms with Crippen LogP contribution in [0, 0.1) is 6.92 Å². The molecule has 3 aromatic rings. The van der Waals surface area contributed by atoms with E-state index in [4.69, 9.17) is 9.73 Å². The zero-order chi connectivity index (χ0) is 21.0. The number of nitrogens with zero attached hydrogens (tertiary/aromatic N) is 3. The van der Waals surface area contributed by atoms with Gasteiger partial charge in [-0.3, -0.25) is 0 Å². The highest BCUT2D eigenvalue weighted by molar-refractivity contribution is 5.79. The van der Waals surface area contributed by atoms with Crippen molar-refractivity contribution in [3.05, 3.63) is 83.9 Å². The summed E-state index contributed by atoms with van der Waals surface area (Å²) in [5.74, 6) is 2.75. The summed E-state index contributed by atoms with van der Waals surface area (Å²) in [6.07, 6.45) is 4.75. The Bertz CT molecular complexity index is 920. The highest BCUT2D eigenvalue weighted by Crippen LogP contribution is 2.10. The number of ether oxygens (including phenoxy) is 1. The van der Waals surface area contributed by atoms with Crippen molar-refractivity contribution >= 4 is 5.96 Å². The van der Waals surface area contributed by atoms with E-state index in [1.54, 1.807) is 0 Å². The van der Waals surface area contributed by atoms with Gasteiger partial charge in [0.25, 0.3) is 0 Å². The van der Waals surface area contributed by atoms with Gasteiger partial charge in [0, 0.05) is 32.0 Å². The van der Waals surface area contributed by atoms with Gasteiger partial charge in [0.2, 0.25) is 0 Å². The van der Waals surface area contributed by atoms with Gasteiger partial charge in [-0.1, -0.05) is 42.5 Å². The molecule has 6 heteroatoms. The third-order valence-electron chi connectivity index (χ3n) is 4.66. The number of rotatable bonds is 10. The summed E-state index contributed by atoms with van der Waals surface area (Å²) in [5.41, 5.74) is 2.44. The minimum atomic E-state index is 0.632. The van der Waals surface area contributed by atoms with Gasteiger partial charge < -0.3 is 19.9 Å². The number of aryl methyl sites for hydroxylation is 1. The van der Waals surface area contributed by atoms with Crippen LogP contribution in [0.2, 0.25) is 0 Å². The average molecular weight is 406 g/mol. The van der Waals surface area contributed by atoms with Gasteiger partial charge in [0.1, 0.15) is 11.6 Å². The van der Waals surface area contributed by atoms with Crippen molar-refractivity contribution in [2.24, 2.45) is 4.99 Å². The molecule has 0 unspecified atom stereocenters. The molecule has 2 N–H and O–H groups in total. The molecule has 0 aliphatic heterocycles. The number of hydrogen-bond acceptors (Lipinski definition) is 3. The Morgan fingerprint density at radius 2 is 1.90 bits per heavy atom. The fourth-order valence-corrected chi connectivity index (χ4v) is 3.09. The molecule has 0 saturated carbocycles. The molecule has 30 heavy (non-hydrogen) atoms. The quantitative estimate of drug-likeness (QED) is 0.306. The highest BCUT2D eigenvalue weighted by Gasteiger charge is 2.02. The van der Waals surface area contributed by atoms with E-state index in [9.17, 15) is 0 Å². The number of aliphatic imine (C=N–C) groups is 1. The lowest BCUT2D eigenvalue weighted by Gasteiger charge is -2.12. The maximum Gasteiger partial charge on any atom is 0.191 e. The predicted octanol–water partition coefficient (Wildman–Crippen LogP) is 3.76. The number of hydrogen-bond donors (Lipinski definition) is 2. The molecular formula is C24H31N5O. The molecule has 0 aliphatic carbocycles. The van der Waals surface area contributed by atoms with Crippen LogP contribution in [0.15, 0.2) is 72.0 Å². The third kappa shape index (κ3) is 6.95. The lowest BCUT2D eigenvalue weighted by atomic mass is 10.1. The Balaban J connectivity index is 1.47. The van der Waals surface area contributed by atoms with Crippen LogP contribution in [-0.4, -0.2) is 35.2 Å². The number of para-hydroxylation sites is 1. The van der Waals surface area contributed by atoms with E-state index in [0.717, 1.165) is 43.6 Å². The molecule has 0 saturated heterocycles. The fraction of sp³-hybridized carbons (Fsp3) is 0.333. The van der Waals surface area contributed by atoms with E-state index in [1.165, 1.54) is 11.1 Å². The molecule has 0 bridgehead atoms. The maximum atomic E-state index is 5.73. The summed E-state index contributed by atoms with van der Waals surface area (Å²) in [6.45, 7) is 7.85. The molecule has 0 aliphatic rings. The van der Waals surface area contributed by atoms with Crippen molar-refractivity contribution < 1.29 is 4.74 Å². The van der Waals surface area contributed by atoms with E-state index in [0.29, 0.717) is 13.2 Å². The van der Waals surface area contributed by atoms with Crippen LogP contribution in [0.25, 0.3) is 0 Å². The Labute approximate surface area is 179 Å². The number of imidazole rings is 1. The lowest BCUT2D eigenvalue weighted by Crippen LogP contribution is -2.38. The minimum Gasteiger partial charge on any atom is -0.494 e. The molecule has 1 aromatic heterocycles. The van der Waals surface area contributed by atoms with Crippen LogP contribution in [0.5, 0.6) is 5.75 Å². The van der Waals surface area contributed by atoms with Crippen molar-refractivity contribution in [1.29, 1.82) is 0 Å². The van der Waals surface area contributed by atoms with Crippen LogP contribution in [0.1, 0.15) is 30.3 Å². The highest BCUT2D eigenvalue weighted by atomic mass is 16.5.